The lowest BCUT2D eigenvalue weighted by molar-refractivity contribution is 0.182. The standard InChI is InChI=1S/C6H12N2O2/c1-5-4-7-6(10)8(5)2-3-9/h5,9H,2-4H2,1H3,(H,7,10). The molecule has 4 heteroatoms. The number of carbonyl (C=O) groups excluding carboxylic acids is 1. The fraction of sp³-hybridized carbons (Fsp3) is 0.833. The second-order valence-electron chi connectivity index (χ2n) is 2.45. The van der Waals surface area contributed by atoms with Crippen LogP contribution < -0.4 is 5.32 Å². The van der Waals surface area contributed by atoms with Crippen molar-refractivity contribution in [1.82, 2.24) is 10.2 Å². The predicted molar refractivity (Wildman–Crippen MR) is 36.7 cm³/mol. The molecule has 1 fully saturated rings. The van der Waals surface area contributed by atoms with Gasteiger partial charge < -0.3 is 15.3 Å². The van der Waals surface area contributed by atoms with Gasteiger partial charge in [0.2, 0.25) is 0 Å². The number of hydrogen-bond donors (Lipinski definition) is 2. The fourth-order valence-electron chi connectivity index (χ4n) is 1.08. The third-order valence-electron chi connectivity index (χ3n) is 1.68. The molecule has 0 radical (unpaired) electrons. The van der Waals surface area contributed by atoms with Gasteiger partial charge in [0.1, 0.15) is 0 Å². The molecule has 2 amide bonds. The van der Waals surface area contributed by atoms with Crippen molar-refractivity contribution in [2.24, 2.45) is 0 Å². The van der Waals surface area contributed by atoms with Gasteiger partial charge in [-0.15, -0.1) is 0 Å². The van der Waals surface area contributed by atoms with Crippen LogP contribution in [-0.4, -0.2) is 41.8 Å². The van der Waals surface area contributed by atoms with E-state index in [0.29, 0.717) is 13.1 Å². The summed E-state index contributed by atoms with van der Waals surface area (Å²) >= 11 is 0. The van der Waals surface area contributed by atoms with Crippen LogP contribution in [0.3, 0.4) is 0 Å². The normalized spacial score (nSPS) is 25.2. The van der Waals surface area contributed by atoms with Crippen LogP contribution in [0.5, 0.6) is 0 Å². The summed E-state index contributed by atoms with van der Waals surface area (Å²) < 4.78 is 0. The van der Waals surface area contributed by atoms with Gasteiger partial charge in [-0.1, -0.05) is 0 Å². The molecule has 0 saturated carbocycles. The number of nitrogens with one attached hydrogen (secondary N) is 1. The topological polar surface area (TPSA) is 52.6 Å². The van der Waals surface area contributed by atoms with Gasteiger partial charge in [-0.25, -0.2) is 4.79 Å². The van der Waals surface area contributed by atoms with Gasteiger partial charge in [-0.3, -0.25) is 0 Å². The maximum atomic E-state index is 10.9. The minimum atomic E-state index is -0.0680. The van der Waals surface area contributed by atoms with Gasteiger partial charge in [0.05, 0.1) is 6.61 Å². The van der Waals surface area contributed by atoms with Gasteiger partial charge in [-0.05, 0) is 6.92 Å². The minimum Gasteiger partial charge on any atom is -0.395 e. The van der Waals surface area contributed by atoms with Gasteiger partial charge in [-0.2, -0.15) is 0 Å². The lowest BCUT2D eigenvalue weighted by atomic mass is 10.3. The van der Waals surface area contributed by atoms with E-state index in [2.05, 4.69) is 5.32 Å². The number of carbonyl (C=O) groups is 1. The maximum Gasteiger partial charge on any atom is 0.317 e. The molecule has 0 bridgehead atoms. The van der Waals surface area contributed by atoms with Gasteiger partial charge in [0.25, 0.3) is 0 Å². The van der Waals surface area contributed by atoms with Crippen LogP contribution in [-0.2, 0) is 0 Å². The summed E-state index contributed by atoms with van der Waals surface area (Å²) in [5, 5.41) is 11.2. The minimum absolute atomic E-state index is 0.0394. The zero-order chi connectivity index (χ0) is 7.56. The first-order valence-corrected chi connectivity index (χ1v) is 3.41. The molecule has 1 atom stereocenters. The van der Waals surface area contributed by atoms with Crippen LogP contribution >= 0.6 is 0 Å². The number of aliphatic hydroxyl groups excluding tert-OH is 1. The van der Waals surface area contributed by atoms with Crippen molar-refractivity contribution in [1.29, 1.82) is 0 Å². The number of aliphatic hydroxyl groups is 1. The number of β-amino-alcohol motifs (C(OH)–C–C–N with tert-alkyl or cyclic N) is 1. The highest BCUT2D eigenvalue weighted by Crippen LogP contribution is 2.04. The van der Waals surface area contributed by atoms with Gasteiger partial charge >= 0.3 is 6.03 Å². The zero-order valence-corrected chi connectivity index (χ0v) is 6.00. The Morgan fingerprint density at radius 1 is 1.90 bits per heavy atom. The Hall–Kier alpha value is -0.770. The van der Waals surface area contributed by atoms with E-state index in [0.717, 1.165) is 0 Å². The zero-order valence-electron chi connectivity index (χ0n) is 6.00. The second-order valence-corrected chi connectivity index (χ2v) is 2.45. The summed E-state index contributed by atoms with van der Waals surface area (Å²) in [7, 11) is 0. The van der Waals surface area contributed by atoms with E-state index in [1.807, 2.05) is 6.92 Å². The first kappa shape index (κ1) is 7.34. The average molecular weight is 144 g/mol. The van der Waals surface area contributed by atoms with Crippen molar-refractivity contribution >= 4 is 6.03 Å². The Labute approximate surface area is 59.8 Å². The monoisotopic (exact) mass is 144 g/mol. The van der Waals surface area contributed by atoms with E-state index in [-0.39, 0.29) is 18.7 Å². The van der Waals surface area contributed by atoms with E-state index in [1.54, 1.807) is 4.90 Å². The van der Waals surface area contributed by atoms with Crippen molar-refractivity contribution < 1.29 is 9.90 Å². The molecule has 10 heavy (non-hydrogen) atoms. The molecule has 0 aliphatic carbocycles. The SMILES string of the molecule is CC1CNC(=O)N1CCO. The molecule has 1 aliphatic heterocycles. The molecule has 1 rings (SSSR count). The maximum absolute atomic E-state index is 10.9. The highest BCUT2D eigenvalue weighted by Gasteiger charge is 2.25. The number of nitrogens with zero attached hydrogens (tertiary/aromatic N) is 1. The quantitative estimate of drug-likeness (QED) is 0.543. The number of rotatable bonds is 2. The van der Waals surface area contributed by atoms with Crippen LogP contribution in [0.1, 0.15) is 6.92 Å². The average Bonchev–Trinajstić information content (AvgIpc) is 2.20. The third kappa shape index (κ3) is 1.21. The summed E-state index contributed by atoms with van der Waals surface area (Å²) in [6, 6.07) is 0.154. The number of urea groups is 1. The lowest BCUT2D eigenvalue weighted by Crippen LogP contribution is -2.34. The van der Waals surface area contributed by atoms with Crippen LogP contribution in [0.15, 0.2) is 0 Å². The Morgan fingerprint density at radius 3 is 3.00 bits per heavy atom. The van der Waals surface area contributed by atoms with Crippen molar-refractivity contribution in [3.05, 3.63) is 0 Å². The molecule has 1 heterocycles. The summed E-state index contributed by atoms with van der Waals surface area (Å²) in [5.41, 5.74) is 0. The smallest absolute Gasteiger partial charge is 0.317 e. The second kappa shape index (κ2) is 2.88. The number of amides is 2. The molecule has 1 saturated heterocycles. The molecule has 58 valence electrons. The van der Waals surface area contributed by atoms with E-state index in [9.17, 15) is 4.79 Å². The van der Waals surface area contributed by atoms with Crippen LogP contribution in [0, 0.1) is 0 Å². The first-order chi connectivity index (χ1) is 4.75. The van der Waals surface area contributed by atoms with E-state index in [4.69, 9.17) is 5.11 Å². The Balaban J connectivity index is 2.46. The molecule has 0 aromatic rings. The van der Waals surface area contributed by atoms with Gasteiger partial charge in [0.15, 0.2) is 0 Å². The lowest BCUT2D eigenvalue weighted by Gasteiger charge is -2.17. The fourth-order valence-corrected chi connectivity index (χ4v) is 1.08. The molecule has 0 aromatic heterocycles. The van der Waals surface area contributed by atoms with Crippen molar-refractivity contribution in [2.75, 3.05) is 19.7 Å². The number of hydrogen-bond acceptors (Lipinski definition) is 2. The summed E-state index contributed by atoms with van der Waals surface area (Å²) in [6.07, 6.45) is 0. The summed E-state index contributed by atoms with van der Waals surface area (Å²) in [4.78, 5) is 12.5. The molecule has 1 aliphatic rings. The Morgan fingerprint density at radius 2 is 2.60 bits per heavy atom. The first-order valence-electron chi connectivity index (χ1n) is 3.41. The Bertz CT molecular complexity index is 138. The highest BCUT2D eigenvalue weighted by molar-refractivity contribution is 5.76. The summed E-state index contributed by atoms with van der Waals surface area (Å²) in [6.45, 7) is 3.12. The van der Waals surface area contributed by atoms with E-state index < -0.39 is 0 Å². The largest absolute Gasteiger partial charge is 0.395 e. The van der Waals surface area contributed by atoms with Crippen LogP contribution in [0.4, 0.5) is 4.79 Å². The third-order valence-corrected chi connectivity index (χ3v) is 1.68. The molecular weight excluding hydrogens is 132 g/mol. The van der Waals surface area contributed by atoms with Crippen molar-refractivity contribution in [2.45, 2.75) is 13.0 Å². The van der Waals surface area contributed by atoms with Crippen molar-refractivity contribution in [3.63, 3.8) is 0 Å². The molecule has 0 aromatic carbocycles. The van der Waals surface area contributed by atoms with E-state index >= 15 is 0 Å². The van der Waals surface area contributed by atoms with Crippen LogP contribution in [0.25, 0.3) is 0 Å². The molecule has 4 nitrogen and oxygen atoms in total. The molecule has 2 N–H and O–H groups in total. The van der Waals surface area contributed by atoms with Gasteiger partial charge in [0, 0.05) is 19.1 Å². The summed E-state index contributed by atoms with van der Waals surface area (Å²) in [5.74, 6) is 0. The van der Waals surface area contributed by atoms with E-state index in [1.165, 1.54) is 0 Å². The molecular formula is C6H12N2O2. The van der Waals surface area contributed by atoms with Crippen molar-refractivity contribution in [3.8, 4) is 0 Å². The Kier molecular flexibility index (Phi) is 2.11. The molecule has 0 spiro atoms. The predicted octanol–water partition coefficient (Wildman–Crippen LogP) is -0.608. The molecule has 1 unspecified atom stereocenters. The van der Waals surface area contributed by atoms with Crippen LogP contribution in [0.2, 0.25) is 0 Å². The highest BCUT2D eigenvalue weighted by atomic mass is 16.3.